The topological polar surface area (TPSA) is 44.9 Å². The second-order valence-electron chi connectivity index (χ2n) is 4.70. The zero-order chi connectivity index (χ0) is 14.8. The lowest BCUT2D eigenvalue weighted by atomic mass is 10.1. The van der Waals surface area contributed by atoms with Gasteiger partial charge in [0.25, 0.3) is 5.91 Å². The molecule has 0 bridgehead atoms. The SMILES string of the molecule is O=C(NCc1ccc(Cl)cc1)c1cc(Cl)cc2cc[nH]c12. The molecular formula is C16H12Cl2N2O. The Morgan fingerprint density at radius 1 is 1.05 bits per heavy atom. The smallest absolute Gasteiger partial charge is 0.253 e. The van der Waals surface area contributed by atoms with Crippen LogP contribution < -0.4 is 5.32 Å². The molecule has 0 saturated heterocycles. The lowest BCUT2D eigenvalue weighted by molar-refractivity contribution is 0.0952. The molecule has 2 aromatic carbocycles. The Hall–Kier alpha value is -1.97. The minimum absolute atomic E-state index is 0.167. The van der Waals surface area contributed by atoms with Crippen molar-refractivity contribution in [1.29, 1.82) is 0 Å². The van der Waals surface area contributed by atoms with E-state index in [0.717, 1.165) is 16.5 Å². The third kappa shape index (κ3) is 3.04. The van der Waals surface area contributed by atoms with E-state index in [2.05, 4.69) is 10.3 Å². The summed E-state index contributed by atoms with van der Waals surface area (Å²) in [6, 6.07) is 12.7. The van der Waals surface area contributed by atoms with Crippen LogP contribution in [0.3, 0.4) is 0 Å². The van der Waals surface area contributed by atoms with Gasteiger partial charge in [-0.2, -0.15) is 0 Å². The number of aromatic amines is 1. The van der Waals surface area contributed by atoms with Gasteiger partial charge >= 0.3 is 0 Å². The van der Waals surface area contributed by atoms with Gasteiger partial charge in [-0.05, 0) is 35.9 Å². The highest BCUT2D eigenvalue weighted by molar-refractivity contribution is 6.32. The summed E-state index contributed by atoms with van der Waals surface area (Å²) >= 11 is 11.9. The summed E-state index contributed by atoms with van der Waals surface area (Å²) in [7, 11) is 0. The summed E-state index contributed by atoms with van der Waals surface area (Å²) in [4.78, 5) is 15.4. The maximum absolute atomic E-state index is 12.3. The zero-order valence-corrected chi connectivity index (χ0v) is 12.5. The van der Waals surface area contributed by atoms with Crippen LogP contribution in [0.5, 0.6) is 0 Å². The average Bonchev–Trinajstić information content (AvgIpc) is 2.93. The lowest BCUT2D eigenvalue weighted by Gasteiger charge is -2.07. The minimum Gasteiger partial charge on any atom is -0.361 e. The average molecular weight is 319 g/mol. The van der Waals surface area contributed by atoms with E-state index in [0.29, 0.717) is 22.2 Å². The van der Waals surface area contributed by atoms with Crippen molar-refractivity contribution in [1.82, 2.24) is 10.3 Å². The van der Waals surface area contributed by atoms with Crippen molar-refractivity contribution in [3.63, 3.8) is 0 Å². The summed E-state index contributed by atoms with van der Waals surface area (Å²) in [6.45, 7) is 0.435. The number of aromatic nitrogens is 1. The third-order valence-electron chi connectivity index (χ3n) is 3.24. The number of carbonyl (C=O) groups is 1. The van der Waals surface area contributed by atoms with Crippen LogP contribution in [0.1, 0.15) is 15.9 Å². The van der Waals surface area contributed by atoms with E-state index in [1.807, 2.05) is 24.3 Å². The molecule has 0 unspecified atom stereocenters. The molecule has 3 rings (SSSR count). The first-order valence-electron chi connectivity index (χ1n) is 6.43. The molecule has 3 aromatic rings. The number of benzene rings is 2. The first-order valence-corrected chi connectivity index (χ1v) is 7.18. The van der Waals surface area contributed by atoms with E-state index in [1.165, 1.54) is 0 Å². The number of nitrogens with one attached hydrogen (secondary N) is 2. The number of rotatable bonds is 3. The van der Waals surface area contributed by atoms with E-state index in [4.69, 9.17) is 23.2 Å². The predicted octanol–water partition coefficient (Wildman–Crippen LogP) is 4.40. The standard InChI is InChI=1S/C16H12Cl2N2O/c17-12-3-1-10(2-4-12)9-20-16(21)14-8-13(18)7-11-5-6-19-15(11)14/h1-8,19H,9H2,(H,20,21). The van der Waals surface area contributed by atoms with E-state index in [-0.39, 0.29) is 5.91 Å². The Kier molecular flexibility index (Phi) is 3.86. The Morgan fingerprint density at radius 3 is 2.57 bits per heavy atom. The molecule has 0 saturated carbocycles. The minimum atomic E-state index is -0.167. The first kappa shape index (κ1) is 14.0. The van der Waals surface area contributed by atoms with E-state index >= 15 is 0 Å². The van der Waals surface area contributed by atoms with Gasteiger partial charge in [0.05, 0.1) is 11.1 Å². The molecule has 2 N–H and O–H groups in total. The van der Waals surface area contributed by atoms with Crippen molar-refractivity contribution < 1.29 is 4.79 Å². The molecule has 0 aliphatic heterocycles. The molecule has 1 heterocycles. The van der Waals surface area contributed by atoms with Gasteiger partial charge in [-0.15, -0.1) is 0 Å². The maximum Gasteiger partial charge on any atom is 0.253 e. The molecule has 1 aromatic heterocycles. The van der Waals surface area contributed by atoms with Crippen LogP contribution in [0.2, 0.25) is 10.0 Å². The fourth-order valence-electron chi connectivity index (χ4n) is 2.19. The van der Waals surface area contributed by atoms with Crippen molar-refractivity contribution in [3.8, 4) is 0 Å². The predicted molar refractivity (Wildman–Crippen MR) is 85.9 cm³/mol. The van der Waals surface area contributed by atoms with Gasteiger partial charge in [-0.1, -0.05) is 35.3 Å². The monoisotopic (exact) mass is 318 g/mol. The van der Waals surface area contributed by atoms with Crippen LogP contribution in [0.15, 0.2) is 48.7 Å². The molecule has 0 fully saturated rings. The fraction of sp³-hybridized carbons (Fsp3) is 0.0625. The van der Waals surface area contributed by atoms with E-state index in [1.54, 1.807) is 24.4 Å². The van der Waals surface area contributed by atoms with Gasteiger partial charge < -0.3 is 10.3 Å². The second kappa shape index (κ2) is 5.80. The van der Waals surface area contributed by atoms with Crippen LogP contribution in [0.25, 0.3) is 10.9 Å². The number of carbonyl (C=O) groups excluding carboxylic acids is 1. The van der Waals surface area contributed by atoms with Crippen molar-refractivity contribution >= 4 is 40.0 Å². The summed E-state index contributed by atoms with van der Waals surface area (Å²) in [6.07, 6.45) is 1.79. The summed E-state index contributed by atoms with van der Waals surface area (Å²) in [5, 5.41) is 5.01. The highest BCUT2D eigenvalue weighted by Gasteiger charge is 2.12. The molecule has 3 nitrogen and oxygen atoms in total. The van der Waals surface area contributed by atoms with Gasteiger partial charge in [-0.3, -0.25) is 4.79 Å². The van der Waals surface area contributed by atoms with E-state index < -0.39 is 0 Å². The van der Waals surface area contributed by atoms with Gasteiger partial charge in [0.1, 0.15) is 0 Å². The molecule has 0 aliphatic carbocycles. The van der Waals surface area contributed by atoms with Gasteiger partial charge in [0.2, 0.25) is 0 Å². The summed E-state index contributed by atoms with van der Waals surface area (Å²) in [5.74, 6) is -0.167. The van der Waals surface area contributed by atoms with Crippen LogP contribution >= 0.6 is 23.2 Å². The highest BCUT2D eigenvalue weighted by Crippen LogP contribution is 2.23. The normalized spacial score (nSPS) is 10.8. The van der Waals surface area contributed by atoms with Gasteiger partial charge in [-0.25, -0.2) is 0 Å². The number of H-pyrrole nitrogens is 1. The molecule has 1 amide bonds. The summed E-state index contributed by atoms with van der Waals surface area (Å²) in [5.41, 5.74) is 2.31. The van der Waals surface area contributed by atoms with E-state index in [9.17, 15) is 4.79 Å². The molecule has 0 aliphatic rings. The van der Waals surface area contributed by atoms with Crippen molar-refractivity contribution in [3.05, 3.63) is 69.8 Å². The maximum atomic E-state index is 12.3. The van der Waals surface area contributed by atoms with Crippen molar-refractivity contribution in [2.45, 2.75) is 6.54 Å². The molecule has 0 radical (unpaired) electrons. The first-order chi connectivity index (χ1) is 10.1. The van der Waals surface area contributed by atoms with Crippen LogP contribution in [0, 0.1) is 0 Å². The molecule has 5 heteroatoms. The van der Waals surface area contributed by atoms with Gasteiger partial charge in [0.15, 0.2) is 0 Å². The quantitative estimate of drug-likeness (QED) is 0.738. The Balaban J connectivity index is 1.81. The number of hydrogen-bond acceptors (Lipinski definition) is 1. The highest BCUT2D eigenvalue weighted by atomic mass is 35.5. The number of fused-ring (bicyclic) bond motifs is 1. The van der Waals surface area contributed by atoms with Crippen molar-refractivity contribution in [2.75, 3.05) is 0 Å². The molecule has 106 valence electrons. The second-order valence-corrected chi connectivity index (χ2v) is 5.58. The number of halogens is 2. The molecular weight excluding hydrogens is 307 g/mol. The molecule has 21 heavy (non-hydrogen) atoms. The van der Waals surface area contributed by atoms with Gasteiger partial charge in [0, 0.05) is 28.2 Å². The molecule has 0 spiro atoms. The number of amides is 1. The Morgan fingerprint density at radius 2 is 1.81 bits per heavy atom. The number of hydrogen-bond donors (Lipinski definition) is 2. The Bertz CT molecular complexity index is 794. The van der Waals surface area contributed by atoms with Crippen molar-refractivity contribution in [2.24, 2.45) is 0 Å². The van der Waals surface area contributed by atoms with Crippen LogP contribution in [0.4, 0.5) is 0 Å². The van der Waals surface area contributed by atoms with Crippen LogP contribution in [-0.2, 0) is 6.54 Å². The third-order valence-corrected chi connectivity index (χ3v) is 3.71. The lowest BCUT2D eigenvalue weighted by Crippen LogP contribution is -2.23. The zero-order valence-electron chi connectivity index (χ0n) is 11.0. The summed E-state index contributed by atoms with van der Waals surface area (Å²) < 4.78 is 0. The Labute approximate surface area is 131 Å². The largest absolute Gasteiger partial charge is 0.361 e. The molecule has 0 atom stereocenters. The van der Waals surface area contributed by atoms with Crippen LogP contribution in [-0.4, -0.2) is 10.9 Å². The fourth-order valence-corrected chi connectivity index (χ4v) is 2.55.